The summed E-state index contributed by atoms with van der Waals surface area (Å²) in [5.74, 6) is -7.54. The van der Waals surface area contributed by atoms with Crippen LogP contribution < -0.4 is 0 Å². The first-order valence-electron chi connectivity index (χ1n) is 6.37. The lowest BCUT2D eigenvalue weighted by atomic mass is 9.94. The standard InChI is InChI=1S/C13H14F7NO4/c1-6(2)7(22)25-11(14,15)9(24)21(8(23)10(3,4)5)13(19,20)12(16,17)18/h1H2,2-5H3. The van der Waals surface area contributed by atoms with Crippen LogP contribution in [0.25, 0.3) is 0 Å². The second-order valence-electron chi connectivity index (χ2n) is 5.92. The van der Waals surface area contributed by atoms with Gasteiger partial charge in [-0.1, -0.05) is 27.4 Å². The molecule has 0 aliphatic heterocycles. The van der Waals surface area contributed by atoms with E-state index in [0.29, 0.717) is 0 Å². The first-order chi connectivity index (χ1) is 10.8. The molecule has 0 N–H and O–H groups in total. The fourth-order valence-electron chi connectivity index (χ4n) is 1.19. The Kier molecular flexibility index (Phi) is 6.07. The number of amides is 2. The van der Waals surface area contributed by atoms with Crippen molar-refractivity contribution in [1.29, 1.82) is 0 Å². The summed E-state index contributed by atoms with van der Waals surface area (Å²) in [5, 5.41) is 0. The van der Waals surface area contributed by atoms with Crippen molar-refractivity contribution in [3.05, 3.63) is 12.2 Å². The molecule has 0 unspecified atom stereocenters. The average molecular weight is 381 g/mol. The van der Waals surface area contributed by atoms with Crippen molar-refractivity contribution in [3.63, 3.8) is 0 Å². The lowest BCUT2D eigenvalue weighted by Crippen LogP contribution is -2.63. The van der Waals surface area contributed by atoms with E-state index < -0.39 is 52.0 Å². The van der Waals surface area contributed by atoms with Crippen LogP contribution in [0.1, 0.15) is 27.7 Å². The van der Waals surface area contributed by atoms with Gasteiger partial charge < -0.3 is 4.74 Å². The van der Waals surface area contributed by atoms with Crippen LogP contribution in [-0.4, -0.2) is 41.0 Å². The molecule has 0 aromatic heterocycles. The Balaban J connectivity index is 6.18. The van der Waals surface area contributed by atoms with Gasteiger partial charge in [-0.15, -0.1) is 0 Å². The van der Waals surface area contributed by atoms with Gasteiger partial charge in [0, 0.05) is 11.0 Å². The van der Waals surface area contributed by atoms with Crippen molar-refractivity contribution in [2.75, 3.05) is 0 Å². The molecule has 0 spiro atoms. The Morgan fingerprint density at radius 3 is 1.56 bits per heavy atom. The van der Waals surface area contributed by atoms with Gasteiger partial charge in [-0.05, 0) is 6.92 Å². The van der Waals surface area contributed by atoms with E-state index in [1.54, 1.807) is 0 Å². The zero-order valence-electron chi connectivity index (χ0n) is 13.4. The number of rotatable bonds is 4. The molecule has 0 heterocycles. The largest absolute Gasteiger partial charge is 0.485 e. The van der Waals surface area contributed by atoms with E-state index in [1.807, 2.05) is 0 Å². The molecule has 144 valence electrons. The zero-order valence-corrected chi connectivity index (χ0v) is 13.4. The number of esters is 1. The highest BCUT2D eigenvalue weighted by molar-refractivity contribution is 6.01. The van der Waals surface area contributed by atoms with E-state index in [-0.39, 0.29) is 0 Å². The van der Waals surface area contributed by atoms with E-state index >= 15 is 0 Å². The van der Waals surface area contributed by atoms with Crippen LogP contribution in [0.2, 0.25) is 0 Å². The number of carbonyl (C=O) groups excluding carboxylic acids is 3. The van der Waals surface area contributed by atoms with Crippen molar-refractivity contribution >= 4 is 17.8 Å². The Hall–Kier alpha value is -2.14. The van der Waals surface area contributed by atoms with E-state index in [1.165, 1.54) is 0 Å². The van der Waals surface area contributed by atoms with Crippen molar-refractivity contribution in [1.82, 2.24) is 4.90 Å². The average Bonchev–Trinajstić information content (AvgIpc) is 2.35. The maximum atomic E-state index is 13.6. The third kappa shape index (κ3) is 4.92. The van der Waals surface area contributed by atoms with Gasteiger partial charge in [0.2, 0.25) is 5.91 Å². The maximum Gasteiger partial charge on any atom is 0.485 e. The van der Waals surface area contributed by atoms with Crippen molar-refractivity contribution < 1.29 is 49.9 Å². The summed E-state index contributed by atoms with van der Waals surface area (Å²) in [4.78, 5) is 32.5. The first kappa shape index (κ1) is 22.9. The molecule has 0 fully saturated rings. The Bertz CT molecular complexity index is 590. The minimum absolute atomic E-state index is 0.691. The molecule has 2 amide bonds. The van der Waals surface area contributed by atoms with E-state index in [9.17, 15) is 45.1 Å². The first-order valence-corrected chi connectivity index (χ1v) is 6.37. The van der Waals surface area contributed by atoms with Gasteiger partial charge in [-0.2, -0.15) is 30.7 Å². The number of hydrogen-bond acceptors (Lipinski definition) is 4. The monoisotopic (exact) mass is 381 g/mol. The minimum atomic E-state index is -6.54. The van der Waals surface area contributed by atoms with Crippen LogP contribution in [0.5, 0.6) is 0 Å². The number of nitrogens with zero attached hydrogens (tertiary/aromatic N) is 1. The molecular formula is C13H14F7NO4. The van der Waals surface area contributed by atoms with Gasteiger partial charge in [0.05, 0.1) is 0 Å². The SMILES string of the molecule is C=C(C)C(=O)OC(F)(F)C(=O)N(C(=O)C(C)(C)C)C(F)(F)C(F)(F)F. The number of alkyl halides is 7. The number of hydrogen-bond donors (Lipinski definition) is 0. The minimum Gasteiger partial charge on any atom is -0.390 e. The molecule has 0 aliphatic rings. The van der Waals surface area contributed by atoms with E-state index in [2.05, 4.69) is 11.3 Å². The molecular weight excluding hydrogens is 367 g/mol. The Labute approximate surface area is 137 Å². The topological polar surface area (TPSA) is 63.7 Å². The highest BCUT2D eigenvalue weighted by Crippen LogP contribution is 2.42. The molecule has 25 heavy (non-hydrogen) atoms. The lowest BCUT2D eigenvalue weighted by Gasteiger charge is -2.35. The third-order valence-electron chi connectivity index (χ3n) is 2.49. The summed E-state index contributed by atoms with van der Waals surface area (Å²) >= 11 is 0. The Morgan fingerprint density at radius 2 is 1.28 bits per heavy atom. The number of ether oxygens (including phenoxy) is 1. The summed E-state index contributed by atoms with van der Waals surface area (Å²) < 4.78 is 95.1. The number of halogens is 7. The normalized spacial score (nSPS) is 13.2. The smallest absolute Gasteiger partial charge is 0.390 e. The molecule has 0 aliphatic carbocycles. The van der Waals surface area contributed by atoms with Crippen LogP contribution in [0.15, 0.2) is 12.2 Å². The van der Waals surface area contributed by atoms with Crippen LogP contribution in [0.3, 0.4) is 0 Å². The van der Waals surface area contributed by atoms with Gasteiger partial charge in [0.1, 0.15) is 0 Å². The summed E-state index contributed by atoms with van der Waals surface area (Å²) in [6.07, 6.45) is -12.0. The van der Waals surface area contributed by atoms with Crippen LogP contribution >= 0.6 is 0 Å². The maximum absolute atomic E-state index is 13.6. The van der Waals surface area contributed by atoms with Crippen molar-refractivity contribution in [2.24, 2.45) is 5.41 Å². The molecule has 0 radical (unpaired) electrons. The van der Waals surface area contributed by atoms with Crippen LogP contribution in [0, 0.1) is 5.41 Å². The predicted octanol–water partition coefficient (Wildman–Crippen LogP) is 3.25. The third-order valence-corrected chi connectivity index (χ3v) is 2.49. The zero-order chi connectivity index (χ0) is 20.6. The molecule has 12 heteroatoms. The summed E-state index contributed by atoms with van der Waals surface area (Å²) in [5.41, 5.74) is -2.76. The van der Waals surface area contributed by atoms with Gasteiger partial charge in [-0.25, -0.2) is 9.69 Å². The van der Waals surface area contributed by atoms with Crippen LogP contribution in [0.4, 0.5) is 30.7 Å². The quantitative estimate of drug-likeness (QED) is 0.325. The molecule has 0 aromatic carbocycles. The predicted molar refractivity (Wildman–Crippen MR) is 68.2 cm³/mol. The fourth-order valence-corrected chi connectivity index (χ4v) is 1.19. The molecule has 0 saturated heterocycles. The molecule has 0 atom stereocenters. The van der Waals surface area contributed by atoms with Gasteiger partial charge in [-0.3, -0.25) is 9.59 Å². The van der Waals surface area contributed by atoms with Crippen LogP contribution in [-0.2, 0) is 19.1 Å². The fraction of sp³-hybridized carbons (Fsp3) is 0.615. The van der Waals surface area contributed by atoms with E-state index in [4.69, 9.17) is 0 Å². The molecule has 0 saturated carbocycles. The van der Waals surface area contributed by atoms with E-state index in [0.717, 1.165) is 27.7 Å². The Morgan fingerprint density at radius 1 is 0.880 bits per heavy atom. The van der Waals surface area contributed by atoms with Crippen molar-refractivity contribution in [3.8, 4) is 0 Å². The second-order valence-corrected chi connectivity index (χ2v) is 5.92. The van der Waals surface area contributed by atoms with Crippen molar-refractivity contribution in [2.45, 2.75) is 46.0 Å². The highest BCUT2D eigenvalue weighted by Gasteiger charge is 2.69. The summed E-state index contributed by atoms with van der Waals surface area (Å²) in [6.45, 7) is 6.19. The second kappa shape index (κ2) is 6.64. The summed E-state index contributed by atoms with van der Waals surface area (Å²) in [7, 11) is 0. The van der Waals surface area contributed by atoms with Gasteiger partial charge in [0.15, 0.2) is 0 Å². The highest BCUT2D eigenvalue weighted by atomic mass is 19.4. The lowest BCUT2D eigenvalue weighted by molar-refractivity contribution is -0.335. The number of carbonyl (C=O) groups is 3. The molecule has 5 nitrogen and oxygen atoms in total. The van der Waals surface area contributed by atoms with Gasteiger partial charge in [0.25, 0.3) is 0 Å². The number of imide groups is 1. The molecule has 0 bridgehead atoms. The molecule has 0 rings (SSSR count). The van der Waals surface area contributed by atoms with Gasteiger partial charge >= 0.3 is 30.2 Å². The molecule has 0 aromatic rings. The summed E-state index contributed by atoms with van der Waals surface area (Å²) in [6, 6.07) is -6.27.